The summed E-state index contributed by atoms with van der Waals surface area (Å²) in [6, 6.07) is 7.62. The number of anilines is 1. The highest BCUT2D eigenvalue weighted by atomic mass is 35.5. The van der Waals surface area contributed by atoms with E-state index in [0.29, 0.717) is 5.02 Å². The highest BCUT2D eigenvalue weighted by molar-refractivity contribution is 6.30. The van der Waals surface area contributed by atoms with E-state index in [1.54, 1.807) is 6.92 Å². The van der Waals surface area contributed by atoms with Crippen molar-refractivity contribution in [1.29, 1.82) is 0 Å². The number of rotatable bonds is 8. The first-order valence-corrected chi connectivity index (χ1v) is 10.4. The van der Waals surface area contributed by atoms with Gasteiger partial charge in [0, 0.05) is 19.5 Å². The largest absolute Gasteiger partial charge is 0.478 e. The maximum absolute atomic E-state index is 13.3. The Morgan fingerprint density at radius 2 is 1.91 bits per heavy atom. The second-order valence-electron chi connectivity index (χ2n) is 7.28. The quantitative estimate of drug-likeness (QED) is 0.438. The third-order valence-corrected chi connectivity index (χ3v) is 4.99. The Morgan fingerprint density at radius 1 is 1.17 bits per heavy atom. The van der Waals surface area contributed by atoms with Crippen LogP contribution < -0.4 is 9.64 Å². The lowest BCUT2D eigenvalue weighted by Gasteiger charge is -2.30. The molecule has 35 heavy (non-hydrogen) atoms. The molecule has 1 amide bonds. The molecule has 0 unspecified atom stereocenters. The number of aromatic nitrogens is 2. The smallest absolute Gasteiger partial charge is 0.421 e. The van der Waals surface area contributed by atoms with Crippen molar-refractivity contribution in [3.8, 4) is 11.6 Å². The van der Waals surface area contributed by atoms with Gasteiger partial charge in [0.05, 0.1) is 28.9 Å². The number of alkyl halides is 3. The number of carbonyl (C=O) groups is 2. The standard InChI is InChI=1S/C23H19ClF3N3O5/c1-13(12-34-2)30(21(31)18-7-5-14(24)11-29-18)19-8-6-15(10-16(19)22(32)33)35-20-17(23(25,26)27)4-3-9-28-20/h3-11,13H,12H2,1-2H3,(H,32,33)/t13-/m0/s1. The number of aromatic carboxylic acids is 1. The summed E-state index contributed by atoms with van der Waals surface area (Å²) in [5, 5.41) is 10.1. The number of benzene rings is 1. The summed E-state index contributed by atoms with van der Waals surface area (Å²) >= 11 is 5.84. The van der Waals surface area contributed by atoms with Gasteiger partial charge >= 0.3 is 12.1 Å². The summed E-state index contributed by atoms with van der Waals surface area (Å²) in [6.45, 7) is 1.69. The monoisotopic (exact) mass is 509 g/mol. The molecule has 0 aliphatic rings. The molecular weight excluding hydrogens is 491 g/mol. The number of carbonyl (C=O) groups excluding carboxylic acids is 1. The lowest BCUT2D eigenvalue weighted by atomic mass is 10.1. The Kier molecular flexibility index (Phi) is 7.92. The van der Waals surface area contributed by atoms with Crippen molar-refractivity contribution in [2.24, 2.45) is 0 Å². The van der Waals surface area contributed by atoms with Gasteiger partial charge in [-0.25, -0.2) is 14.8 Å². The van der Waals surface area contributed by atoms with Crippen LogP contribution in [0.15, 0.2) is 54.9 Å². The molecule has 0 saturated carbocycles. The van der Waals surface area contributed by atoms with Crippen molar-refractivity contribution in [3.05, 3.63) is 76.7 Å². The van der Waals surface area contributed by atoms with Crippen LogP contribution in [-0.2, 0) is 10.9 Å². The molecule has 3 rings (SSSR count). The van der Waals surface area contributed by atoms with Crippen molar-refractivity contribution < 1.29 is 37.3 Å². The van der Waals surface area contributed by atoms with Gasteiger partial charge in [0.2, 0.25) is 5.88 Å². The minimum absolute atomic E-state index is 0.00248. The molecule has 0 spiro atoms. The van der Waals surface area contributed by atoms with Gasteiger partial charge in [-0.15, -0.1) is 0 Å². The van der Waals surface area contributed by atoms with Crippen LogP contribution in [0.4, 0.5) is 18.9 Å². The normalized spacial score (nSPS) is 12.2. The molecule has 184 valence electrons. The molecule has 1 N–H and O–H groups in total. The van der Waals surface area contributed by atoms with Crippen molar-refractivity contribution in [2.75, 3.05) is 18.6 Å². The molecule has 1 atom stereocenters. The number of methoxy groups -OCH3 is 1. The SMILES string of the molecule is COC[C@H](C)N(C(=O)c1ccc(Cl)cn1)c1ccc(Oc2ncccc2C(F)(F)F)cc1C(=O)O. The third kappa shape index (κ3) is 6.06. The van der Waals surface area contributed by atoms with Gasteiger partial charge in [-0.05, 0) is 49.4 Å². The van der Waals surface area contributed by atoms with E-state index in [1.807, 2.05) is 0 Å². The van der Waals surface area contributed by atoms with E-state index >= 15 is 0 Å². The molecule has 1 aromatic carbocycles. The van der Waals surface area contributed by atoms with Crippen LogP contribution in [0.3, 0.4) is 0 Å². The van der Waals surface area contributed by atoms with Crippen molar-refractivity contribution >= 4 is 29.2 Å². The number of hydrogen-bond donors (Lipinski definition) is 1. The molecule has 0 bridgehead atoms. The molecule has 3 aromatic rings. The number of carboxylic acids is 1. The Labute approximate surface area is 202 Å². The molecule has 0 radical (unpaired) electrons. The number of amides is 1. The van der Waals surface area contributed by atoms with Crippen LogP contribution in [0, 0.1) is 0 Å². The number of hydrogen-bond acceptors (Lipinski definition) is 6. The lowest BCUT2D eigenvalue weighted by molar-refractivity contribution is -0.138. The predicted molar refractivity (Wildman–Crippen MR) is 120 cm³/mol. The fourth-order valence-electron chi connectivity index (χ4n) is 3.25. The fourth-order valence-corrected chi connectivity index (χ4v) is 3.36. The van der Waals surface area contributed by atoms with Crippen molar-refractivity contribution in [3.63, 3.8) is 0 Å². The fraction of sp³-hybridized carbons (Fsp3) is 0.217. The van der Waals surface area contributed by atoms with Crippen molar-refractivity contribution in [2.45, 2.75) is 19.1 Å². The van der Waals surface area contributed by atoms with E-state index in [1.165, 1.54) is 42.5 Å². The first-order valence-electron chi connectivity index (χ1n) is 10.0. The summed E-state index contributed by atoms with van der Waals surface area (Å²) in [7, 11) is 1.42. The average Bonchev–Trinajstić information content (AvgIpc) is 2.80. The first-order chi connectivity index (χ1) is 16.5. The summed E-state index contributed by atoms with van der Waals surface area (Å²) in [4.78, 5) is 34.2. The van der Waals surface area contributed by atoms with Crippen LogP contribution in [0.5, 0.6) is 11.6 Å². The Balaban J connectivity index is 2.06. The van der Waals surface area contributed by atoms with Gasteiger partial charge in [-0.1, -0.05) is 11.6 Å². The Hall–Kier alpha value is -3.70. The molecule has 0 fully saturated rings. The van der Waals surface area contributed by atoms with E-state index in [2.05, 4.69) is 9.97 Å². The van der Waals surface area contributed by atoms with E-state index in [-0.39, 0.29) is 23.7 Å². The van der Waals surface area contributed by atoms with E-state index in [0.717, 1.165) is 24.4 Å². The zero-order valence-electron chi connectivity index (χ0n) is 18.4. The summed E-state index contributed by atoms with van der Waals surface area (Å²) in [5.41, 5.74) is -1.55. The van der Waals surface area contributed by atoms with Gasteiger partial charge < -0.3 is 19.5 Å². The van der Waals surface area contributed by atoms with E-state index in [4.69, 9.17) is 21.1 Å². The third-order valence-electron chi connectivity index (χ3n) is 4.76. The van der Waals surface area contributed by atoms with Gasteiger partial charge in [0.25, 0.3) is 5.91 Å². The second-order valence-corrected chi connectivity index (χ2v) is 7.72. The molecule has 2 aromatic heterocycles. The zero-order chi connectivity index (χ0) is 25.8. The van der Waals surface area contributed by atoms with Crippen LogP contribution in [0.2, 0.25) is 5.02 Å². The van der Waals surface area contributed by atoms with Crippen molar-refractivity contribution in [1.82, 2.24) is 9.97 Å². The van der Waals surface area contributed by atoms with Gasteiger partial charge in [-0.2, -0.15) is 13.2 Å². The molecule has 0 aliphatic heterocycles. The number of carboxylic acid groups (broad SMARTS) is 1. The van der Waals surface area contributed by atoms with Gasteiger partial charge in [0.1, 0.15) is 17.0 Å². The summed E-state index contributed by atoms with van der Waals surface area (Å²) < 4.78 is 50.3. The predicted octanol–water partition coefficient (Wildman–Crippen LogP) is 5.32. The van der Waals surface area contributed by atoms with E-state index in [9.17, 15) is 27.9 Å². The highest BCUT2D eigenvalue weighted by Gasteiger charge is 2.35. The summed E-state index contributed by atoms with van der Waals surface area (Å²) in [5.74, 6) is -3.03. The van der Waals surface area contributed by atoms with Crippen LogP contribution in [0.25, 0.3) is 0 Å². The van der Waals surface area contributed by atoms with Gasteiger partial charge in [0.15, 0.2) is 0 Å². The van der Waals surface area contributed by atoms with Crippen LogP contribution in [0.1, 0.15) is 33.3 Å². The number of pyridine rings is 2. The highest BCUT2D eigenvalue weighted by Crippen LogP contribution is 2.37. The molecule has 8 nitrogen and oxygen atoms in total. The lowest BCUT2D eigenvalue weighted by Crippen LogP contribution is -2.42. The number of ether oxygens (including phenoxy) is 2. The number of nitrogens with zero attached hydrogens (tertiary/aromatic N) is 3. The maximum atomic E-state index is 13.3. The van der Waals surface area contributed by atoms with Crippen LogP contribution >= 0.6 is 11.6 Å². The average molecular weight is 510 g/mol. The minimum Gasteiger partial charge on any atom is -0.478 e. The van der Waals surface area contributed by atoms with Crippen LogP contribution in [-0.4, -0.2) is 46.7 Å². The molecule has 0 saturated heterocycles. The molecule has 12 heteroatoms. The maximum Gasteiger partial charge on any atom is 0.421 e. The first kappa shape index (κ1) is 25.9. The second kappa shape index (κ2) is 10.7. The van der Waals surface area contributed by atoms with Gasteiger partial charge in [-0.3, -0.25) is 4.79 Å². The Bertz CT molecular complexity index is 1220. The molecule has 0 aliphatic carbocycles. The van der Waals surface area contributed by atoms with E-state index < -0.39 is 41.1 Å². The minimum atomic E-state index is -4.73. The summed E-state index contributed by atoms with van der Waals surface area (Å²) in [6.07, 6.45) is -2.35. The molecular formula is C23H19ClF3N3O5. The zero-order valence-corrected chi connectivity index (χ0v) is 19.2. The molecule has 2 heterocycles. The Morgan fingerprint density at radius 3 is 2.51 bits per heavy atom. The number of halogens is 4. The topological polar surface area (TPSA) is 102 Å².